The van der Waals surface area contributed by atoms with Crippen LogP contribution in [-0.2, 0) is 6.54 Å². The zero-order valence-corrected chi connectivity index (χ0v) is 10.1. The molecule has 0 aliphatic heterocycles. The third-order valence-electron chi connectivity index (χ3n) is 2.66. The molecule has 0 bridgehead atoms. The number of benzene rings is 1. The summed E-state index contributed by atoms with van der Waals surface area (Å²) in [4.78, 5) is 0. The summed E-state index contributed by atoms with van der Waals surface area (Å²) in [5.74, 6) is 0. The van der Waals surface area contributed by atoms with Gasteiger partial charge in [-0.3, -0.25) is 4.68 Å². The van der Waals surface area contributed by atoms with Crippen molar-refractivity contribution in [3.8, 4) is 23.4 Å². The van der Waals surface area contributed by atoms with Gasteiger partial charge < -0.3 is 0 Å². The van der Waals surface area contributed by atoms with E-state index in [4.69, 9.17) is 10.5 Å². The average molecular weight is 236 g/mol. The summed E-state index contributed by atoms with van der Waals surface area (Å²) in [5.41, 5.74) is 3.31. The van der Waals surface area contributed by atoms with E-state index in [2.05, 4.69) is 17.2 Å². The predicted molar refractivity (Wildman–Crippen MR) is 67.3 cm³/mol. The van der Waals surface area contributed by atoms with Crippen molar-refractivity contribution in [2.24, 2.45) is 0 Å². The lowest BCUT2D eigenvalue weighted by molar-refractivity contribution is 0.629. The number of nitrogens with zero attached hydrogens (tertiary/aromatic N) is 4. The predicted octanol–water partition coefficient (Wildman–Crippen LogP) is 2.64. The van der Waals surface area contributed by atoms with E-state index in [1.165, 1.54) is 5.56 Å². The molecule has 0 amide bonds. The standard InChI is InChI=1S/C14H12N4/c1-11-3-5-12(6-4-11)14-13(9-16)10-18(17-14)8-2-7-15/h3-6,10H,2,8H2,1H3. The lowest BCUT2D eigenvalue weighted by Gasteiger charge is -1.98. The molecule has 0 radical (unpaired) electrons. The number of hydrogen-bond acceptors (Lipinski definition) is 3. The van der Waals surface area contributed by atoms with Crippen LogP contribution in [-0.4, -0.2) is 9.78 Å². The molecule has 4 nitrogen and oxygen atoms in total. The Labute approximate surface area is 106 Å². The van der Waals surface area contributed by atoms with E-state index in [0.717, 1.165) is 5.56 Å². The maximum absolute atomic E-state index is 9.10. The largest absolute Gasteiger partial charge is 0.270 e. The fraction of sp³-hybridized carbons (Fsp3) is 0.214. The van der Waals surface area contributed by atoms with Crippen molar-refractivity contribution in [2.75, 3.05) is 0 Å². The zero-order valence-electron chi connectivity index (χ0n) is 10.1. The van der Waals surface area contributed by atoms with E-state index in [-0.39, 0.29) is 0 Å². The van der Waals surface area contributed by atoms with Crippen molar-refractivity contribution in [3.63, 3.8) is 0 Å². The molecule has 0 atom stereocenters. The van der Waals surface area contributed by atoms with E-state index < -0.39 is 0 Å². The molecule has 0 aliphatic rings. The van der Waals surface area contributed by atoms with Gasteiger partial charge in [-0.15, -0.1) is 0 Å². The van der Waals surface area contributed by atoms with Crippen LogP contribution in [0.3, 0.4) is 0 Å². The van der Waals surface area contributed by atoms with Crippen molar-refractivity contribution in [1.29, 1.82) is 10.5 Å². The van der Waals surface area contributed by atoms with E-state index in [0.29, 0.717) is 24.2 Å². The Morgan fingerprint density at radius 2 is 1.94 bits per heavy atom. The highest BCUT2D eigenvalue weighted by Gasteiger charge is 2.10. The molecule has 1 heterocycles. The second-order valence-electron chi connectivity index (χ2n) is 4.04. The lowest BCUT2D eigenvalue weighted by atomic mass is 10.1. The van der Waals surface area contributed by atoms with Crippen LogP contribution < -0.4 is 0 Å². The summed E-state index contributed by atoms with van der Waals surface area (Å²) < 4.78 is 1.65. The molecule has 2 rings (SSSR count). The molecule has 2 aromatic rings. The van der Waals surface area contributed by atoms with Crippen LogP contribution in [0.5, 0.6) is 0 Å². The van der Waals surface area contributed by atoms with Crippen molar-refractivity contribution in [2.45, 2.75) is 19.9 Å². The molecule has 0 spiro atoms. The quantitative estimate of drug-likeness (QED) is 0.822. The zero-order chi connectivity index (χ0) is 13.0. The van der Waals surface area contributed by atoms with Crippen LogP contribution in [0.4, 0.5) is 0 Å². The van der Waals surface area contributed by atoms with Gasteiger partial charge in [0.1, 0.15) is 11.8 Å². The highest BCUT2D eigenvalue weighted by Crippen LogP contribution is 2.21. The van der Waals surface area contributed by atoms with E-state index in [9.17, 15) is 0 Å². The first-order valence-electron chi connectivity index (χ1n) is 5.66. The third-order valence-corrected chi connectivity index (χ3v) is 2.66. The van der Waals surface area contributed by atoms with Gasteiger partial charge in [0.05, 0.1) is 24.6 Å². The maximum atomic E-state index is 9.10. The number of rotatable bonds is 3. The maximum Gasteiger partial charge on any atom is 0.110 e. The molecule has 0 unspecified atom stereocenters. The monoisotopic (exact) mass is 236 g/mol. The molecular weight excluding hydrogens is 224 g/mol. The van der Waals surface area contributed by atoms with Gasteiger partial charge in [0, 0.05) is 11.8 Å². The van der Waals surface area contributed by atoms with Gasteiger partial charge in [-0.25, -0.2) is 0 Å². The summed E-state index contributed by atoms with van der Waals surface area (Å²) in [6.07, 6.45) is 2.08. The number of aromatic nitrogens is 2. The van der Waals surface area contributed by atoms with Gasteiger partial charge in [-0.2, -0.15) is 15.6 Å². The van der Waals surface area contributed by atoms with Gasteiger partial charge in [-0.05, 0) is 6.92 Å². The SMILES string of the molecule is Cc1ccc(-c2nn(CCC#N)cc2C#N)cc1. The Morgan fingerprint density at radius 1 is 1.22 bits per heavy atom. The van der Waals surface area contributed by atoms with E-state index in [1.807, 2.05) is 31.2 Å². The number of hydrogen-bond donors (Lipinski definition) is 0. The highest BCUT2D eigenvalue weighted by atomic mass is 15.3. The van der Waals surface area contributed by atoms with Gasteiger partial charge >= 0.3 is 0 Å². The Kier molecular flexibility index (Phi) is 3.41. The molecule has 18 heavy (non-hydrogen) atoms. The molecule has 1 aromatic carbocycles. The number of nitriles is 2. The summed E-state index contributed by atoms with van der Waals surface area (Å²) in [6.45, 7) is 2.53. The van der Waals surface area contributed by atoms with Crippen LogP contribution in [0.2, 0.25) is 0 Å². The van der Waals surface area contributed by atoms with Gasteiger partial charge in [-0.1, -0.05) is 29.8 Å². The van der Waals surface area contributed by atoms with Crippen molar-refractivity contribution >= 4 is 0 Å². The van der Waals surface area contributed by atoms with Gasteiger partial charge in [0.25, 0.3) is 0 Å². The molecule has 4 heteroatoms. The Balaban J connectivity index is 2.38. The minimum atomic E-state index is 0.389. The van der Waals surface area contributed by atoms with Crippen molar-refractivity contribution in [1.82, 2.24) is 9.78 Å². The molecular formula is C14H12N4. The summed E-state index contributed by atoms with van der Waals surface area (Å²) in [6, 6.07) is 12.1. The average Bonchev–Trinajstić information content (AvgIpc) is 2.80. The van der Waals surface area contributed by atoms with Gasteiger partial charge in [0.2, 0.25) is 0 Å². The fourth-order valence-electron chi connectivity index (χ4n) is 1.71. The summed E-state index contributed by atoms with van der Waals surface area (Å²) >= 11 is 0. The van der Waals surface area contributed by atoms with Crippen LogP contribution in [0, 0.1) is 29.6 Å². The summed E-state index contributed by atoms with van der Waals surface area (Å²) in [5, 5.41) is 22.0. The first kappa shape index (κ1) is 11.9. The summed E-state index contributed by atoms with van der Waals surface area (Å²) in [7, 11) is 0. The number of aryl methyl sites for hydroxylation is 2. The van der Waals surface area contributed by atoms with Crippen molar-refractivity contribution in [3.05, 3.63) is 41.6 Å². The van der Waals surface area contributed by atoms with E-state index in [1.54, 1.807) is 10.9 Å². The first-order valence-corrected chi connectivity index (χ1v) is 5.66. The highest BCUT2D eigenvalue weighted by molar-refractivity contribution is 5.66. The van der Waals surface area contributed by atoms with Crippen LogP contribution >= 0.6 is 0 Å². The fourth-order valence-corrected chi connectivity index (χ4v) is 1.71. The molecule has 88 valence electrons. The topological polar surface area (TPSA) is 65.4 Å². The normalized spacial score (nSPS) is 9.72. The van der Waals surface area contributed by atoms with Crippen LogP contribution in [0.15, 0.2) is 30.5 Å². The van der Waals surface area contributed by atoms with Crippen LogP contribution in [0.25, 0.3) is 11.3 Å². The minimum absolute atomic E-state index is 0.389. The Bertz CT molecular complexity index is 623. The van der Waals surface area contributed by atoms with Gasteiger partial charge in [0.15, 0.2) is 0 Å². The van der Waals surface area contributed by atoms with Crippen molar-refractivity contribution < 1.29 is 0 Å². The molecule has 0 N–H and O–H groups in total. The van der Waals surface area contributed by atoms with Crippen LogP contribution in [0.1, 0.15) is 17.5 Å². The molecule has 0 aliphatic carbocycles. The molecule has 0 saturated heterocycles. The second-order valence-corrected chi connectivity index (χ2v) is 4.04. The third kappa shape index (κ3) is 2.39. The first-order chi connectivity index (χ1) is 8.74. The van der Waals surface area contributed by atoms with E-state index >= 15 is 0 Å². The Morgan fingerprint density at radius 3 is 2.56 bits per heavy atom. The molecule has 1 aromatic heterocycles. The second kappa shape index (κ2) is 5.16. The minimum Gasteiger partial charge on any atom is -0.270 e. The Hall–Kier alpha value is -2.59. The molecule has 0 fully saturated rings. The lowest BCUT2D eigenvalue weighted by Crippen LogP contribution is -1.97. The smallest absolute Gasteiger partial charge is 0.110 e. The molecule has 0 saturated carbocycles.